The molecule has 2 aromatic carbocycles. The van der Waals surface area contributed by atoms with Gasteiger partial charge in [0.05, 0.1) is 0 Å². The molecule has 3 rings (SSSR count). The summed E-state index contributed by atoms with van der Waals surface area (Å²) in [6.07, 6.45) is 24.5. The fourth-order valence-electron chi connectivity index (χ4n) is 6.75. The van der Waals surface area contributed by atoms with Crippen LogP contribution in [0.15, 0.2) is 12.1 Å². The molecule has 1 aliphatic rings. The van der Waals surface area contributed by atoms with Crippen molar-refractivity contribution in [1.29, 1.82) is 0 Å². The molecule has 0 aliphatic heterocycles. The third kappa shape index (κ3) is 7.10. The first kappa shape index (κ1) is 30.0. The first-order valence-electron chi connectivity index (χ1n) is 16.5. The van der Waals surface area contributed by atoms with Crippen LogP contribution in [0, 0.1) is 0 Å². The topological polar surface area (TPSA) is 0 Å². The summed E-state index contributed by atoms with van der Waals surface area (Å²) in [5.74, 6) is 0. The van der Waals surface area contributed by atoms with Gasteiger partial charge >= 0.3 is 0 Å². The lowest BCUT2D eigenvalue weighted by molar-refractivity contribution is 0.716. The summed E-state index contributed by atoms with van der Waals surface area (Å²) in [6, 6.07) is 5.07. The largest absolute Gasteiger partial charge is 0.0654 e. The molecule has 0 heterocycles. The number of aryl methyl sites for hydroxylation is 1. The van der Waals surface area contributed by atoms with Gasteiger partial charge in [0, 0.05) is 0 Å². The van der Waals surface area contributed by atoms with Crippen LogP contribution in [0.2, 0.25) is 0 Å². The molecule has 37 heavy (non-hydrogen) atoms. The lowest BCUT2D eigenvalue weighted by atomic mass is 9.79. The van der Waals surface area contributed by atoms with E-state index < -0.39 is 0 Å². The van der Waals surface area contributed by atoms with Crippen molar-refractivity contribution in [3.8, 4) is 11.1 Å². The summed E-state index contributed by atoms with van der Waals surface area (Å²) in [5, 5.41) is 0. The third-order valence-corrected chi connectivity index (χ3v) is 8.88. The Bertz CT molecular complexity index is 977. The second-order valence-corrected chi connectivity index (χ2v) is 11.8. The summed E-state index contributed by atoms with van der Waals surface area (Å²) < 4.78 is 0. The van der Waals surface area contributed by atoms with Crippen molar-refractivity contribution in [3.63, 3.8) is 0 Å². The van der Waals surface area contributed by atoms with Crippen LogP contribution < -0.4 is 0 Å². The van der Waals surface area contributed by atoms with Crippen molar-refractivity contribution in [2.24, 2.45) is 0 Å². The van der Waals surface area contributed by atoms with Gasteiger partial charge in [-0.25, -0.2) is 0 Å². The van der Waals surface area contributed by atoms with Crippen molar-refractivity contribution in [2.45, 2.75) is 164 Å². The van der Waals surface area contributed by atoms with Gasteiger partial charge in [0.2, 0.25) is 0 Å². The van der Waals surface area contributed by atoms with Crippen LogP contribution in [0.1, 0.15) is 163 Å². The Morgan fingerprint density at radius 1 is 0.432 bits per heavy atom. The minimum atomic E-state index is 1.18. The highest BCUT2D eigenvalue weighted by atomic mass is 14.3. The highest BCUT2D eigenvalue weighted by Gasteiger charge is 2.31. The van der Waals surface area contributed by atoms with Gasteiger partial charge in [-0.3, -0.25) is 0 Å². The average Bonchev–Trinajstić information content (AvgIpc) is 3.30. The fourth-order valence-corrected chi connectivity index (χ4v) is 6.75. The Hall–Kier alpha value is -1.56. The molecule has 206 valence electrons. The van der Waals surface area contributed by atoms with Crippen molar-refractivity contribution in [3.05, 3.63) is 56.6 Å². The van der Waals surface area contributed by atoms with Crippen LogP contribution in [0.3, 0.4) is 0 Å². The van der Waals surface area contributed by atoms with Gasteiger partial charge in [-0.05, 0) is 139 Å². The lowest BCUT2D eigenvalue weighted by Crippen LogP contribution is -2.11. The van der Waals surface area contributed by atoms with E-state index in [2.05, 4.69) is 53.7 Å². The number of hydrogen-bond acceptors (Lipinski definition) is 0. The quantitative estimate of drug-likeness (QED) is 0.162. The van der Waals surface area contributed by atoms with Crippen molar-refractivity contribution in [1.82, 2.24) is 0 Å². The van der Waals surface area contributed by atoms with Gasteiger partial charge in [0.1, 0.15) is 0 Å². The second-order valence-electron chi connectivity index (χ2n) is 11.8. The summed E-state index contributed by atoms with van der Waals surface area (Å²) in [5.41, 5.74) is 17.4. The zero-order valence-electron chi connectivity index (χ0n) is 25.6. The molecule has 0 aromatic heterocycles. The fraction of sp³-hybridized carbons (Fsp3) is 0.676. The molecule has 0 saturated heterocycles. The molecule has 0 atom stereocenters. The Morgan fingerprint density at radius 2 is 0.865 bits per heavy atom. The van der Waals surface area contributed by atoms with E-state index >= 15 is 0 Å². The van der Waals surface area contributed by atoms with E-state index in [1.54, 1.807) is 55.6 Å². The van der Waals surface area contributed by atoms with Gasteiger partial charge in [-0.15, -0.1) is 0 Å². The smallest absolute Gasteiger partial charge is 0.00104 e. The standard InChI is InChI=1S/C37H58/c1-7-13-19-28-25-26-29-27-35-33(23-17-11-5)31(21-15-9-3)32(22-16-10-4)34(24-18-12-6)37(35)36(29)30(28)20-14-8-2/h25-26H,7-24,27H2,1-6H3. The van der Waals surface area contributed by atoms with Crippen LogP contribution in [0.5, 0.6) is 0 Å². The summed E-state index contributed by atoms with van der Waals surface area (Å²) in [4.78, 5) is 0. The number of rotatable bonds is 18. The first-order chi connectivity index (χ1) is 18.2. The molecule has 0 bridgehead atoms. The van der Waals surface area contributed by atoms with E-state index in [9.17, 15) is 0 Å². The number of hydrogen-bond donors (Lipinski definition) is 0. The summed E-state index contributed by atoms with van der Waals surface area (Å²) in [6.45, 7) is 14.2. The monoisotopic (exact) mass is 502 g/mol. The summed E-state index contributed by atoms with van der Waals surface area (Å²) in [7, 11) is 0. The van der Waals surface area contributed by atoms with Gasteiger partial charge in [-0.1, -0.05) is 92.2 Å². The molecule has 0 fully saturated rings. The van der Waals surface area contributed by atoms with E-state index in [4.69, 9.17) is 0 Å². The van der Waals surface area contributed by atoms with Crippen LogP contribution in [-0.2, 0) is 44.9 Å². The zero-order chi connectivity index (χ0) is 26.6. The first-order valence-corrected chi connectivity index (χ1v) is 16.5. The molecule has 0 saturated carbocycles. The van der Waals surface area contributed by atoms with Crippen molar-refractivity contribution < 1.29 is 0 Å². The van der Waals surface area contributed by atoms with Crippen LogP contribution in [-0.4, -0.2) is 0 Å². The van der Waals surface area contributed by atoms with Crippen LogP contribution in [0.4, 0.5) is 0 Å². The Balaban J connectivity index is 2.35. The molecule has 0 radical (unpaired) electrons. The molecule has 2 aromatic rings. The number of unbranched alkanes of at least 4 members (excludes halogenated alkanes) is 6. The molecule has 1 aliphatic carbocycles. The van der Waals surface area contributed by atoms with Gasteiger partial charge in [0.15, 0.2) is 0 Å². The predicted molar refractivity (Wildman–Crippen MR) is 166 cm³/mol. The molecule has 0 nitrogen and oxygen atoms in total. The molecule has 0 spiro atoms. The zero-order valence-corrected chi connectivity index (χ0v) is 25.6. The van der Waals surface area contributed by atoms with Crippen LogP contribution >= 0.6 is 0 Å². The lowest BCUT2D eigenvalue weighted by Gasteiger charge is -2.26. The normalized spacial score (nSPS) is 12.3. The maximum absolute atomic E-state index is 2.54. The maximum Gasteiger partial charge on any atom is -0.00104 e. The van der Waals surface area contributed by atoms with E-state index in [1.165, 1.54) is 122 Å². The van der Waals surface area contributed by atoms with E-state index in [0.717, 1.165) is 0 Å². The van der Waals surface area contributed by atoms with Crippen LogP contribution in [0.25, 0.3) is 11.1 Å². The van der Waals surface area contributed by atoms with E-state index in [-0.39, 0.29) is 0 Å². The molecular weight excluding hydrogens is 444 g/mol. The molecule has 0 heteroatoms. The molecule has 0 unspecified atom stereocenters. The SMILES string of the molecule is CCCCc1ccc2c(c1CCCC)-c1c(CCCC)c(CCCC)c(CCCC)c(CCCC)c1C2. The molecular formula is C37H58. The Labute approximate surface area is 231 Å². The minimum Gasteiger partial charge on any atom is -0.0654 e. The van der Waals surface area contributed by atoms with Crippen molar-refractivity contribution >= 4 is 0 Å². The van der Waals surface area contributed by atoms with Gasteiger partial charge in [-0.2, -0.15) is 0 Å². The highest BCUT2D eigenvalue weighted by Crippen LogP contribution is 2.48. The molecule has 0 amide bonds. The van der Waals surface area contributed by atoms with Gasteiger partial charge < -0.3 is 0 Å². The highest BCUT2D eigenvalue weighted by molar-refractivity contribution is 5.86. The number of fused-ring (bicyclic) bond motifs is 3. The van der Waals surface area contributed by atoms with E-state index in [0.29, 0.717) is 0 Å². The number of benzene rings is 2. The van der Waals surface area contributed by atoms with Crippen molar-refractivity contribution in [2.75, 3.05) is 0 Å². The Kier molecular flexibility index (Phi) is 12.8. The minimum absolute atomic E-state index is 1.18. The maximum atomic E-state index is 2.54. The second kappa shape index (κ2) is 15.8. The van der Waals surface area contributed by atoms with E-state index in [1.807, 2.05) is 0 Å². The Morgan fingerprint density at radius 3 is 1.41 bits per heavy atom. The molecule has 0 N–H and O–H groups in total. The summed E-state index contributed by atoms with van der Waals surface area (Å²) >= 11 is 0. The third-order valence-electron chi connectivity index (χ3n) is 8.88. The predicted octanol–water partition coefficient (Wildman–Crippen LogP) is 11.3. The average molecular weight is 503 g/mol. The van der Waals surface area contributed by atoms with Gasteiger partial charge in [0.25, 0.3) is 0 Å².